The highest BCUT2D eigenvalue weighted by molar-refractivity contribution is 6.18. The van der Waals surface area contributed by atoms with Crippen molar-refractivity contribution in [1.29, 1.82) is 0 Å². The fourth-order valence-corrected chi connectivity index (χ4v) is 21.5. The van der Waals surface area contributed by atoms with Crippen LogP contribution in [0.1, 0.15) is 333 Å². The molecule has 1 atom stereocenters. The molecule has 4 saturated heterocycles. The normalized spacial score (nSPS) is 18.2. The number of aromatic hydroxyl groups is 2. The lowest BCUT2D eigenvalue weighted by Crippen LogP contribution is -2.62. The monoisotopic (exact) mass is 1820 g/mol. The molecule has 3 N–H and O–H groups in total. The van der Waals surface area contributed by atoms with Crippen molar-refractivity contribution < 1.29 is 43.6 Å². The van der Waals surface area contributed by atoms with Crippen LogP contribution < -0.4 is 10.1 Å². The Morgan fingerprint density at radius 2 is 0.799 bits per heavy atom. The van der Waals surface area contributed by atoms with Gasteiger partial charge in [-0.3, -0.25) is 24.3 Å². The van der Waals surface area contributed by atoms with Crippen LogP contribution in [-0.4, -0.2) is 151 Å². The molecule has 19 heteroatoms. The second-order valence-corrected chi connectivity index (χ2v) is 45.8. The Morgan fingerprint density at radius 3 is 1.17 bits per heavy atom. The van der Waals surface area contributed by atoms with Crippen LogP contribution in [0.3, 0.4) is 0 Å². The van der Waals surface area contributed by atoms with E-state index in [9.17, 15) is 29.4 Å². The van der Waals surface area contributed by atoms with Gasteiger partial charge >= 0.3 is 11.9 Å². The highest BCUT2D eigenvalue weighted by atomic mass is 16.6. The van der Waals surface area contributed by atoms with Gasteiger partial charge in [-0.05, 0) is 222 Å². The van der Waals surface area contributed by atoms with Crippen LogP contribution >= 0.6 is 0 Å². The number of ether oxygens (including phenoxy) is 3. The maximum atomic E-state index is 13.6. The summed E-state index contributed by atoms with van der Waals surface area (Å²) in [5.41, 5.74) is 10.7. The number of phenols is 2. The molecule has 2 aromatic heterocycles. The summed E-state index contributed by atoms with van der Waals surface area (Å²) in [5, 5.41) is 45.6. The van der Waals surface area contributed by atoms with Crippen LogP contribution in [0.5, 0.6) is 17.2 Å². The van der Waals surface area contributed by atoms with Crippen molar-refractivity contribution in [3.8, 4) is 28.6 Å². The van der Waals surface area contributed by atoms with Gasteiger partial charge in [0.1, 0.15) is 68.5 Å². The molecular formula is C115H158N10O9. The summed E-state index contributed by atoms with van der Waals surface area (Å²) in [6.45, 7) is 52.6. The van der Waals surface area contributed by atoms with E-state index in [0.29, 0.717) is 54.8 Å². The van der Waals surface area contributed by atoms with Crippen molar-refractivity contribution in [2.45, 2.75) is 361 Å². The second kappa shape index (κ2) is 42.1. The van der Waals surface area contributed by atoms with Gasteiger partial charge in [-0.2, -0.15) is 0 Å². The number of unbranched alkanes of at least 4 members (excludes halogenated alkanes) is 9. The van der Waals surface area contributed by atoms with Crippen LogP contribution in [0.25, 0.3) is 39.5 Å². The van der Waals surface area contributed by atoms with Gasteiger partial charge in [0, 0.05) is 105 Å². The smallest absolute Gasteiger partial charge is 0.345 e. The fraction of sp³-hybridized carbons (Fsp3) is 0.530. The van der Waals surface area contributed by atoms with Crippen LogP contribution in [0.4, 0.5) is 0 Å². The summed E-state index contributed by atoms with van der Waals surface area (Å²) >= 11 is 0. The molecule has 14 rings (SSSR count). The molecule has 0 saturated carbocycles. The number of fused-ring (bicyclic) bond motifs is 2. The molecule has 0 bridgehead atoms. The summed E-state index contributed by atoms with van der Waals surface area (Å²) in [6, 6.07) is 62.3. The van der Waals surface area contributed by atoms with Crippen molar-refractivity contribution in [1.82, 2.24) is 50.0 Å². The molecular weight excluding hydrogens is 1670 g/mol. The molecule has 722 valence electrons. The number of likely N-dealkylation sites (tertiary alicyclic amines) is 3. The Balaban J connectivity index is 0.000000173. The Morgan fingerprint density at radius 1 is 0.448 bits per heavy atom. The van der Waals surface area contributed by atoms with Gasteiger partial charge in [-0.1, -0.05) is 287 Å². The molecule has 4 fully saturated rings. The van der Waals surface area contributed by atoms with E-state index in [1.165, 1.54) is 68.9 Å². The lowest BCUT2D eigenvalue weighted by Gasteiger charge is -2.53. The van der Waals surface area contributed by atoms with E-state index in [1.54, 1.807) is 39.8 Å². The predicted molar refractivity (Wildman–Crippen MR) is 546 cm³/mol. The molecule has 2 amide bonds. The molecule has 10 aromatic rings. The molecule has 19 nitrogen and oxygen atoms in total. The average molecular weight is 1820 g/mol. The second-order valence-electron chi connectivity index (χ2n) is 45.8. The molecule has 4 aliphatic rings. The molecule has 134 heavy (non-hydrogen) atoms. The van der Waals surface area contributed by atoms with E-state index in [0.717, 1.165) is 82.0 Å². The number of phenolic OH excluding ortho intramolecular Hbond substituents is 2. The largest absolute Gasteiger partial charge is 0.505 e. The van der Waals surface area contributed by atoms with Gasteiger partial charge < -0.3 is 29.7 Å². The zero-order valence-corrected chi connectivity index (χ0v) is 86.0. The number of benzene rings is 8. The molecule has 0 aliphatic carbocycles. The minimum atomic E-state index is -0.640. The predicted octanol–water partition coefficient (Wildman–Crippen LogP) is 25.4. The van der Waals surface area contributed by atoms with Crippen molar-refractivity contribution in [3.05, 3.63) is 238 Å². The van der Waals surface area contributed by atoms with E-state index < -0.39 is 22.8 Å². The number of methoxy groups -OCH3 is 1. The molecule has 0 spiro atoms. The van der Waals surface area contributed by atoms with Gasteiger partial charge in [0.25, 0.3) is 0 Å². The number of imide groups is 1. The van der Waals surface area contributed by atoms with Crippen LogP contribution in [0.15, 0.2) is 194 Å². The number of nitrogens with one attached hydrogen (secondary N) is 1. The quantitative estimate of drug-likeness (QED) is 0.0104. The standard InChI is InChI=1S/C31H48N2O5.C30H29N3O.C29H35N3O.C25H46N2O2/c1-28(2)17-23(18-29(3,4)32(28)9)37-26(34)25(16-21-12-14-22(36-11)15-13-21)27(35)38-24-19-30(5,6)33(10)31(7,8)20-24;1-29(2,21-13-7-5-8-14-21)23-19-24(30(3,4)22-15-9-6-10-16-22)28(34)27(20-23)33-31-25-17-11-12-18-26(25)32-33;1-27(2,3)19-28(4,5)21-17-22(29(6,7)20-13-9-8-10-14-20)26(33)25(18-21)32-30-23-15-11-12-16-24(23)31-32;1-6-7-8-9-10-11-12-13-14-15-16-20-17-22(28)27(23(20)29)21-18-24(2,3)26-25(4,5)19-21/h12-16,23-24H,17-20H2,1-11H3;5-20,34H,1-4H3;8-18,33H,19H2,1-7H3;20-21,26H,6-19H2,1-5H3. The number of nitrogens with zero attached hydrogens (tertiary/aromatic N) is 9. The number of aromatic nitrogens is 6. The van der Waals surface area contributed by atoms with E-state index in [-0.39, 0.29) is 103 Å². The number of piperidine rings is 3. The molecule has 0 radical (unpaired) electrons. The lowest BCUT2D eigenvalue weighted by molar-refractivity contribution is -0.162. The van der Waals surface area contributed by atoms with Crippen molar-refractivity contribution in [2.75, 3.05) is 21.2 Å². The maximum absolute atomic E-state index is 13.6. The zero-order chi connectivity index (χ0) is 98.1. The molecule has 1 unspecified atom stereocenters. The Hall–Kier alpha value is -10.3. The molecule has 8 aromatic carbocycles. The Kier molecular flexibility index (Phi) is 32.7. The first-order valence-corrected chi connectivity index (χ1v) is 49.2. The van der Waals surface area contributed by atoms with Gasteiger partial charge in [0.15, 0.2) is 0 Å². The Labute approximate surface area is 801 Å². The summed E-state index contributed by atoms with van der Waals surface area (Å²) in [5.74, 6) is -0.0776. The summed E-state index contributed by atoms with van der Waals surface area (Å²) in [4.78, 5) is 62.3. The number of rotatable bonds is 28. The number of carbonyl (C=O) groups excluding carboxylic acids is 4. The van der Waals surface area contributed by atoms with Gasteiger partial charge in [-0.15, -0.1) is 30.0 Å². The third-order valence-electron chi connectivity index (χ3n) is 29.2. The van der Waals surface area contributed by atoms with E-state index in [2.05, 4.69) is 283 Å². The van der Waals surface area contributed by atoms with E-state index in [4.69, 9.17) is 14.2 Å². The number of amides is 2. The Bertz CT molecular complexity index is 5500. The van der Waals surface area contributed by atoms with E-state index in [1.807, 2.05) is 109 Å². The molecule has 4 aliphatic heterocycles. The number of hydrogen-bond acceptors (Lipinski definition) is 16. The maximum Gasteiger partial charge on any atom is 0.345 e. The third kappa shape index (κ3) is 25.5. The highest BCUT2D eigenvalue weighted by Crippen LogP contribution is 2.49. The first kappa shape index (κ1) is 104. The first-order valence-electron chi connectivity index (χ1n) is 49.2. The van der Waals surface area contributed by atoms with Gasteiger partial charge in [0.2, 0.25) is 11.8 Å². The van der Waals surface area contributed by atoms with Crippen LogP contribution in [0, 0.1) is 11.3 Å². The van der Waals surface area contributed by atoms with Gasteiger partial charge in [0.05, 0.1) is 7.11 Å². The number of hydrogen-bond donors (Lipinski definition) is 3. The average Bonchev–Trinajstić information content (AvgIpc) is 1.72. The van der Waals surface area contributed by atoms with E-state index >= 15 is 0 Å². The molecule has 6 heterocycles. The summed E-state index contributed by atoms with van der Waals surface area (Å²) in [7, 11) is 5.81. The topological polar surface area (TPSA) is 220 Å². The number of carbonyl (C=O) groups is 4. The van der Waals surface area contributed by atoms with Crippen molar-refractivity contribution >= 4 is 51.9 Å². The van der Waals surface area contributed by atoms with Crippen molar-refractivity contribution in [3.63, 3.8) is 0 Å². The highest BCUT2D eigenvalue weighted by Gasteiger charge is 2.50. The van der Waals surface area contributed by atoms with Gasteiger partial charge in [-0.25, -0.2) is 9.59 Å². The lowest BCUT2D eigenvalue weighted by atomic mass is 9.70. The first-order chi connectivity index (χ1) is 62.7. The summed E-state index contributed by atoms with van der Waals surface area (Å²) in [6.07, 6.45) is 20.7. The summed E-state index contributed by atoms with van der Waals surface area (Å²) < 4.78 is 17.3. The minimum Gasteiger partial charge on any atom is -0.505 e. The van der Waals surface area contributed by atoms with Crippen molar-refractivity contribution in [2.24, 2.45) is 11.3 Å². The number of esters is 2. The van der Waals surface area contributed by atoms with Crippen LogP contribution in [-0.2, 0) is 50.3 Å². The fourth-order valence-electron chi connectivity index (χ4n) is 21.5. The minimum absolute atomic E-state index is 0.0407. The SMILES string of the molecule is CC(C)(C)CC(C)(C)c1cc(-n2nc3ccccc3n2)c(O)c(C(C)(C)c2ccccc2)c1.CC(C)(c1ccccc1)c1cc(-n2nc3ccccc3n2)c(O)c(C(C)(C)c2ccccc2)c1.CCCCCCCCCCCCC1CC(=O)N(C2CC(C)(C)NC(C)(C)C2)C1=O.COc1ccc(C=C(C(=O)OC2CC(C)(C)N(C)C(C)(C)C2)C(=O)OC2CC(C)(C)N(C)C(C)(C)C2)cc1. The zero-order valence-electron chi connectivity index (χ0n) is 86.0. The van der Waals surface area contributed by atoms with Crippen LogP contribution in [0.2, 0.25) is 0 Å². The third-order valence-corrected chi connectivity index (χ3v) is 29.2.